The number of fused-ring (bicyclic) bond motifs is 1. The normalized spacial score (nSPS) is 17.4. The second kappa shape index (κ2) is 8.10. The maximum Gasteiger partial charge on any atom is 0.416 e. The Morgan fingerprint density at radius 3 is 2.43 bits per heavy atom. The zero-order chi connectivity index (χ0) is 20.4. The van der Waals surface area contributed by atoms with Crippen molar-refractivity contribution in [2.75, 3.05) is 30.8 Å². The molecule has 9 heteroatoms. The summed E-state index contributed by atoms with van der Waals surface area (Å²) in [6, 6.07) is 12.8. The number of anilines is 2. The molecule has 1 aliphatic rings. The summed E-state index contributed by atoms with van der Waals surface area (Å²) >= 11 is 0. The molecular formula is C19H22F3N3O2S. The van der Waals surface area contributed by atoms with Crippen LogP contribution in [0.4, 0.5) is 24.5 Å². The van der Waals surface area contributed by atoms with E-state index in [9.17, 15) is 21.6 Å². The molecule has 28 heavy (non-hydrogen) atoms. The molecule has 3 rings (SSSR count). The minimum atomic E-state index is -4.37. The van der Waals surface area contributed by atoms with E-state index in [0.29, 0.717) is 18.7 Å². The van der Waals surface area contributed by atoms with Gasteiger partial charge in [0, 0.05) is 30.5 Å². The molecule has 0 bridgehead atoms. The van der Waals surface area contributed by atoms with Crippen molar-refractivity contribution in [2.24, 2.45) is 0 Å². The summed E-state index contributed by atoms with van der Waals surface area (Å²) in [5.74, 6) is -0.0398. The first-order valence-electron chi connectivity index (χ1n) is 8.87. The van der Waals surface area contributed by atoms with Crippen LogP contribution < -0.4 is 14.9 Å². The van der Waals surface area contributed by atoms with Crippen LogP contribution in [0.5, 0.6) is 0 Å². The van der Waals surface area contributed by atoms with Gasteiger partial charge in [0.05, 0.1) is 11.3 Å². The molecule has 0 amide bonds. The van der Waals surface area contributed by atoms with Gasteiger partial charge in [0.2, 0.25) is 10.0 Å². The largest absolute Gasteiger partial charge is 0.416 e. The van der Waals surface area contributed by atoms with Crippen LogP contribution in [0.1, 0.15) is 11.1 Å². The van der Waals surface area contributed by atoms with Crippen molar-refractivity contribution in [1.29, 1.82) is 0 Å². The standard InChI is InChI=1S/C19H22F3N3O2S/c1-23-28(26,27)11-10-24-16-12-14-4-2-3-5-18(14)25(13-16)17-8-6-15(7-9-17)19(20,21)22/h2-9,16,23-24H,10-13H2,1H3. The number of sulfonamides is 1. The quantitative estimate of drug-likeness (QED) is 0.765. The fourth-order valence-electron chi connectivity index (χ4n) is 3.31. The molecule has 0 radical (unpaired) electrons. The summed E-state index contributed by atoms with van der Waals surface area (Å²) in [7, 11) is -1.92. The highest BCUT2D eigenvalue weighted by Gasteiger charge is 2.31. The Labute approximate surface area is 162 Å². The topological polar surface area (TPSA) is 61.4 Å². The zero-order valence-electron chi connectivity index (χ0n) is 15.3. The SMILES string of the molecule is CNS(=O)(=O)CCNC1Cc2ccccc2N(c2ccc(C(F)(F)F)cc2)C1. The summed E-state index contributed by atoms with van der Waals surface area (Å²) < 4.78 is 64.0. The molecule has 0 saturated carbocycles. The highest BCUT2D eigenvalue weighted by Crippen LogP contribution is 2.35. The fourth-order valence-corrected chi connectivity index (χ4v) is 3.90. The van der Waals surface area contributed by atoms with E-state index in [2.05, 4.69) is 10.0 Å². The minimum Gasteiger partial charge on any atom is -0.340 e. The Bertz CT molecular complexity index is 915. The molecule has 1 aliphatic heterocycles. The summed E-state index contributed by atoms with van der Waals surface area (Å²) in [4.78, 5) is 1.96. The maximum atomic E-state index is 12.8. The van der Waals surface area contributed by atoms with Gasteiger partial charge in [-0.05, 0) is 49.4 Å². The fraction of sp³-hybridized carbons (Fsp3) is 0.368. The molecular weight excluding hydrogens is 391 g/mol. The van der Waals surface area contributed by atoms with Crippen molar-refractivity contribution < 1.29 is 21.6 Å². The second-order valence-electron chi connectivity index (χ2n) is 6.66. The van der Waals surface area contributed by atoms with E-state index in [4.69, 9.17) is 0 Å². The molecule has 152 valence electrons. The van der Waals surface area contributed by atoms with E-state index < -0.39 is 21.8 Å². The first-order chi connectivity index (χ1) is 13.2. The van der Waals surface area contributed by atoms with Gasteiger partial charge in [-0.1, -0.05) is 18.2 Å². The second-order valence-corrected chi connectivity index (χ2v) is 8.71. The van der Waals surface area contributed by atoms with Gasteiger partial charge in [-0.15, -0.1) is 0 Å². The van der Waals surface area contributed by atoms with Gasteiger partial charge in [-0.3, -0.25) is 0 Å². The number of benzene rings is 2. The van der Waals surface area contributed by atoms with Crippen molar-refractivity contribution in [3.05, 3.63) is 59.7 Å². The highest BCUT2D eigenvalue weighted by molar-refractivity contribution is 7.89. The molecule has 2 aromatic rings. The monoisotopic (exact) mass is 413 g/mol. The molecule has 0 saturated heterocycles. The van der Waals surface area contributed by atoms with Gasteiger partial charge in [0.15, 0.2) is 0 Å². The van der Waals surface area contributed by atoms with E-state index >= 15 is 0 Å². The molecule has 1 heterocycles. The smallest absolute Gasteiger partial charge is 0.340 e. The Morgan fingerprint density at radius 1 is 1.11 bits per heavy atom. The highest BCUT2D eigenvalue weighted by atomic mass is 32.2. The minimum absolute atomic E-state index is 0.0238. The lowest BCUT2D eigenvalue weighted by molar-refractivity contribution is -0.137. The molecule has 0 fully saturated rings. The molecule has 1 atom stereocenters. The molecule has 2 aromatic carbocycles. The summed E-state index contributed by atoms with van der Waals surface area (Å²) in [5, 5.41) is 3.25. The lowest BCUT2D eigenvalue weighted by atomic mass is 9.97. The number of halogens is 3. The Balaban J connectivity index is 1.80. The third-order valence-electron chi connectivity index (χ3n) is 4.77. The lowest BCUT2D eigenvalue weighted by Gasteiger charge is -2.36. The third-order valence-corrected chi connectivity index (χ3v) is 6.14. The number of hydrogen-bond acceptors (Lipinski definition) is 4. The van der Waals surface area contributed by atoms with Crippen LogP contribution in [0.15, 0.2) is 48.5 Å². The Morgan fingerprint density at radius 2 is 1.79 bits per heavy atom. The van der Waals surface area contributed by atoms with Crippen molar-refractivity contribution in [1.82, 2.24) is 10.0 Å². The number of nitrogens with zero attached hydrogens (tertiary/aromatic N) is 1. The summed E-state index contributed by atoms with van der Waals surface area (Å²) in [6.45, 7) is 0.818. The lowest BCUT2D eigenvalue weighted by Crippen LogP contribution is -2.46. The van der Waals surface area contributed by atoms with Crippen LogP contribution in [0.2, 0.25) is 0 Å². The van der Waals surface area contributed by atoms with Gasteiger partial charge < -0.3 is 10.2 Å². The molecule has 5 nitrogen and oxygen atoms in total. The number of hydrogen-bond donors (Lipinski definition) is 2. The van der Waals surface area contributed by atoms with Crippen molar-refractivity contribution in [3.63, 3.8) is 0 Å². The number of rotatable bonds is 6. The van der Waals surface area contributed by atoms with Crippen molar-refractivity contribution in [3.8, 4) is 0 Å². The number of para-hydroxylation sites is 1. The first kappa shape index (κ1) is 20.6. The van der Waals surface area contributed by atoms with E-state index in [1.165, 1.54) is 19.2 Å². The average Bonchev–Trinajstić information content (AvgIpc) is 2.66. The van der Waals surface area contributed by atoms with Crippen molar-refractivity contribution in [2.45, 2.75) is 18.6 Å². The zero-order valence-corrected chi connectivity index (χ0v) is 16.1. The summed E-state index contributed by atoms with van der Waals surface area (Å²) in [6.07, 6.45) is -3.66. The van der Waals surface area contributed by atoms with E-state index in [-0.39, 0.29) is 18.3 Å². The van der Waals surface area contributed by atoms with Gasteiger partial charge in [-0.2, -0.15) is 13.2 Å². The molecule has 0 aromatic heterocycles. The van der Waals surface area contributed by atoms with Gasteiger partial charge >= 0.3 is 6.18 Å². The molecule has 2 N–H and O–H groups in total. The van der Waals surface area contributed by atoms with Crippen LogP contribution in [0.25, 0.3) is 0 Å². The number of alkyl halides is 3. The van der Waals surface area contributed by atoms with Crippen LogP contribution in [-0.2, 0) is 22.6 Å². The van der Waals surface area contributed by atoms with Crippen LogP contribution in [0, 0.1) is 0 Å². The van der Waals surface area contributed by atoms with Crippen LogP contribution >= 0.6 is 0 Å². The van der Waals surface area contributed by atoms with Gasteiger partial charge in [-0.25, -0.2) is 13.1 Å². The predicted molar refractivity (Wildman–Crippen MR) is 103 cm³/mol. The van der Waals surface area contributed by atoms with E-state index in [0.717, 1.165) is 23.4 Å². The van der Waals surface area contributed by atoms with Crippen LogP contribution in [-0.4, -0.2) is 40.3 Å². The maximum absolute atomic E-state index is 12.8. The Hall–Kier alpha value is -2.10. The molecule has 1 unspecified atom stereocenters. The molecule has 0 aliphatic carbocycles. The first-order valence-corrected chi connectivity index (χ1v) is 10.5. The summed E-state index contributed by atoms with van der Waals surface area (Å²) in [5.41, 5.74) is 1.98. The van der Waals surface area contributed by atoms with E-state index in [1.54, 1.807) is 0 Å². The number of nitrogens with one attached hydrogen (secondary N) is 2. The van der Waals surface area contributed by atoms with Gasteiger partial charge in [0.25, 0.3) is 0 Å². The van der Waals surface area contributed by atoms with E-state index in [1.807, 2.05) is 29.2 Å². The van der Waals surface area contributed by atoms with Crippen LogP contribution in [0.3, 0.4) is 0 Å². The molecule has 0 spiro atoms. The average molecular weight is 413 g/mol. The Kier molecular flexibility index (Phi) is 5.97. The predicted octanol–water partition coefficient (Wildman–Crippen LogP) is 2.91. The third kappa shape index (κ3) is 4.84. The van der Waals surface area contributed by atoms with Gasteiger partial charge in [0.1, 0.15) is 0 Å². The van der Waals surface area contributed by atoms with Crippen molar-refractivity contribution >= 4 is 21.4 Å².